The summed E-state index contributed by atoms with van der Waals surface area (Å²) >= 11 is 0. The zero-order valence-electron chi connectivity index (χ0n) is 60.8. The van der Waals surface area contributed by atoms with Crippen LogP contribution in [0.15, 0.2) is 74.9 Å². The second kappa shape index (κ2) is 44.7. The number of nitrogens with zero attached hydrogens (tertiary/aromatic N) is 37. The lowest BCUT2D eigenvalue weighted by molar-refractivity contribution is 0.454. The predicted octanol–water partition coefficient (Wildman–Crippen LogP) is 8.88. The van der Waals surface area contributed by atoms with Crippen molar-refractivity contribution in [3.8, 4) is 0 Å². The topological polar surface area (TPSA) is 389 Å². The average molecular weight is 1310 g/mol. The van der Waals surface area contributed by atoms with E-state index < -0.39 is 0 Å². The van der Waals surface area contributed by atoms with Gasteiger partial charge in [0.15, 0.2) is 18.0 Å². The molecule has 0 aliphatic rings. The first-order valence-corrected chi connectivity index (χ1v) is 31.3. The van der Waals surface area contributed by atoms with E-state index in [1.165, 1.54) is 11.9 Å². The third-order valence-electron chi connectivity index (χ3n) is 11.3. The van der Waals surface area contributed by atoms with Gasteiger partial charge in [0.25, 0.3) is 0 Å². The highest BCUT2D eigenvalue weighted by atomic mass is 15.6. The molecule has 520 valence electrons. The predicted molar refractivity (Wildman–Crippen MR) is 354 cm³/mol. The van der Waals surface area contributed by atoms with E-state index in [1.54, 1.807) is 92.7 Å². The van der Waals surface area contributed by atoms with E-state index in [-0.39, 0.29) is 0 Å². The standard InChI is InChI=1S/C7H12N2.2C6H11N3.3C5H10N4.3C5H9N3.2C4H8N4/c1-6(2)9-5-7(3)4-8-9;1-5(2)9-6(3)4-7-8-9;1-5(2)9-7-4-6(3)8-9;1-4(2)9-5(3)6-7-8-9;2*1-4(2)9-7-5(3)6-8-9;1-5(2)8-4-6-3-7-8;1-5(2)8-4-3-6-7-8;1-5(2)8-6-3-4-7-8;1-4(2)8-3-5-6-7-8;1-4(2)8-6-3-5-7-8/h4-6H,1-3H3;2*4-5H,1-3H3;3*4H,1-3H3;3*3-5H,1-2H3;2*3-4H,1-2H3. The summed E-state index contributed by atoms with van der Waals surface area (Å²) in [5.41, 5.74) is 3.32. The van der Waals surface area contributed by atoms with E-state index in [4.69, 9.17) is 0 Å². The highest BCUT2D eigenvalue weighted by molar-refractivity contribution is 4.99. The van der Waals surface area contributed by atoms with Crippen LogP contribution in [-0.4, -0.2) is 186 Å². The van der Waals surface area contributed by atoms with Gasteiger partial charge in [-0.15, -0.1) is 51.0 Å². The highest BCUT2D eigenvalue weighted by Crippen LogP contribution is 2.06. The molecule has 0 fully saturated rings. The van der Waals surface area contributed by atoms with Crippen molar-refractivity contribution < 1.29 is 0 Å². The van der Waals surface area contributed by atoms with Gasteiger partial charge < -0.3 is 0 Å². The van der Waals surface area contributed by atoms with Gasteiger partial charge in [0.05, 0.1) is 84.8 Å². The highest BCUT2D eigenvalue weighted by Gasteiger charge is 2.05. The summed E-state index contributed by atoms with van der Waals surface area (Å²) < 4.78 is 10.9. The third kappa shape index (κ3) is 34.6. The van der Waals surface area contributed by atoms with Crippen LogP contribution in [0.1, 0.15) is 253 Å². The van der Waals surface area contributed by atoms with Gasteiger partial charge in [0, 0.05) is 42.6 Å². The van der Waals surface area contributed by atoms with Crippen LogP contribution in [0.2, 0.25) is 0 Å². The number of aromatic nitrogens is 37. The smallest absolute Gasteiger partial charge is 0.171 e. The number of hydrogen-bond acceptors (Lipinski definition) is 26. The molecule has 0 aliphatic heterocycles. The first kappa shape index (κ1) is 82.3. The van der Waals surface area contributed by atoms with Gasteiger partial charge in [0.1, 0.15) is 24.8 Å². The zero-order chi connectivity index (χ0) is 71.0. The van der Waals surface area contributed by atoms with E-state index in [9.17, 15) is 0 Å². The third-order valence-corrected chi connectivity index (χ3v) is 11.3. The van der Waals surface area contributed by atoms with Crippen molar-refractivity contribution in [1.29, 1.82) is 0 Å². The van der Waals surface area contributed by atoms with Crippen LogP contribution >= 0.6 is 0 Å². The van der Waals surface area contributed by atoms with E-state index in [2.05, 4.69) is 203 Å². The van der Waals surface area contributed by atoms with Gasteiger partial charge in [-0.25, -0.2) is 19.0 Å². The Kier molecular flexibility index (Phi) is 39.1. The lowest BCUT2D eigenvalue weighted by Crippen LogP contribution is -2.04. The van der Waals surface area contributed by atoms with Gasteiger partial charge in [-0.3, -0.25) is 14.0 Å². The van der Waals surface area contributed by atoms with Gasteiger partial charge >= 0.3 is 0 Å². The Morgan fingerprint density at radius 1 is 0.319 bits per heavy atom. The van der Waals surface area contributed by atoms with E-state index in [0.29, 0.717) is 66.5 Å². The number of hydrogen-bond donors (Lipinski definition) is 0. The number of aryl methyl sites for hydroxylation is 6. The van der Waals surface area contributed by atoms with E-state index in [0.717, 1.165) is 28.9 Å². The van der Waals surface area contributed by atoms with Gasteiger partial charge in [-0.2, -0.15) is 54.6 Å². The van der Waals surface area contributed by atoms with Crippen LogP contribution in [0.25, 0.3) is 0 Å². The summed E-state index contributed by atoms with van der Waals surface area (Å²) in [7, 11) is 0. The summed E-state index contributed by atoms with van der Waals surface area (Å²) in [5, 5.41) is 94.8. The lowest BCUT2D eigenvalue weighted by Gasteiger charge is -2.04. The fraction of sp³-hybridized carbons (Fsp3) is 0.684. The Labute approximate surface area is 553 Å². The van der Waals surface area contributed by atoms with E-state index in [1.807, 2.05) is 153 Å². The molecular formula is C57H107N37. The molecule has 11 rings (SSSR count). The van der Waals surface area contributed by atoms with Crippen LogP contribution < -0.4 is 0 Å². The summed E-state index contributed by atoms with van der Waals surface area (Å²) in [4.78, 5) is 11.9. The molecule has 0 aliphatic carbocycles. The summed E-state index contributed by atoms with van der Waals surface area (Å²) in [6.45, 7) is 56.6. The molecule has 0 spiro atoms. The fourth-order valence-corrected chi connectivity index (χ4v) is 6.16. The molecule has 0 saturated heterocycles. The minimum atomic E-state index is 0.311. The Bertz CT molecular complexity index is 2990. The molecule has 0 atom stereocenters. The fourth-order valence-electron chi connectivity index (χ4n) is 6.16. The van der Waals surface area contributed by atoms with Crippen LogP contribution in [0.3, 0.4) is 0 Å². The molecule has 0 aromatic carbocycles. The average Bonchev–Trinajstić information content (AvgIpc) is 3.40. The second-order valence-corrected chi connectivity index (χ2v) is 23.8. The molecular weight excluding hydrogens is 1200 g/mol. The van der Waals surface area contributed by atoms with Crippen molar-refractivity contribution in [3.05, 3.63) is 109 Å². The monoisotopic (exact) mass is 1310 g/mol. The molecule has 0 saturated carbocycles. The first-order chi connectivity index (χ1) is 44.2. The molecule has 0 N–H and O–H groups in total. The minimum Gasteiger partial charge on any atom is -0.270 e. The molecule has 11 aromatic rings. The van der Waals surface area contributed by atoms with Crippen LogP contribution in [0, 0.1) is 41.5 Å². The van der Waals surface area contributed by atoms with Crippen molar-refractivity contribution in [2.24, 2.45) is 0 Å². The Morgan fingerprint density at radius 3 is 1.07 bits per heavy atom. The maximum Gasteiger partial charge on any atom is 0.171 e. The quantitative estimate of drug-likeness (QED) is 0.117. The summed E-state index contributed by atoms with van der Waals surface area (Å²) in [6.07, 6.45) is 20.6. The molecule has 0 unspecified atom stereocenters. The number of tetrazole rings is 5. The Morgan fingerprint density at radius 2 is 0.862 bits per heavy atom. The van der Waals surface area contributed by atoms with Crippen molar-refractivity contribution >= 4 is 0 Å². The largest absolute Gasteiger partial charge is 0.270 e. The Balaban J connectivity index is 0.000000517. The Hall–Kier alpha value is -9.74. The molecule has 0 bridgehead atoms. The number of rotatable bonds is 11. The minimum absolute atomic E-state index is 0.311. The molecule has 94 heavy (non-hydrogen) atoms. The maximum atomic E-state index is 4.13. The van der Waals surface area contributed by atoms with E-state index >= 15 is 0 Å². The van der Waals surface area contributed by atoms with Crippen LogP contribution in [0.4, 0.5) is 0 Å². The molecule has 0 amide bonds. The van der Waals surface area contributed by atoms with Crippen molar-refractivity contribution in [1.82, 2.24) is 186 Å². The summed E-state index contributed by atoms with van der Waals surface area (Å²) in [6, 6.07) is 4.18. The molecule has 11 aromatic heterocycles. The second-order valence-electron chi connectivity index (χ2n) is 23.8. The van der Waals surface area contributed by atoms with Crippen molar-refractivity contribution in [3.63, 3.8) is 0 Å². The van der Waals surface area contributed by atoms with Gasteiger partial charge in [0.2, 0.25) is 0 Å². The van der Waals surface area contributed by atoms with Crippen LogP contribution in [-0.2, 0) is 0 Å². The van der Waals surface area contributed by atoms with Crippen LogP contribution in [0.5, 0.6) is 0 Å². The van der Waals surface area contributed by atoms with Gasteiger partial charge in [-0.05, 0) is 236 Å². The molecule has 37 nitrogen and oxygen atoms in total. The van der Waals surface area contributed by atoms with Crippen molar-refractivity contribution in [2.45, 2.75) is 260 Å². The molecule has 11 heterocycles. The molecule has 0 radical (unpaired) electrons. The first-order valence-electron chi connectivity index (χ1n) is 31.3. The maximum absolute atomic E-state index is 4.13. The lowest BCUT2D eigenvalue weighted by atomic mass is 10.4. The normalized spacial score (nSPS) is 10.5. The zero-order valence-corrected chi connectivity index (χ0v) is 60.8. The summed E-state index contributed by atoms with van der Waals surface area (Å²) in [5.74, 6) is 2.32. The van der Waals surface area contributed by atoms with Gasteiger partial charge in [-0.1, -0.05) is 10.4 Å². The van der Waals surface area contributed by atoms with Crippen molar-refractivity contribution in [2.75, 3.05) is 0 Å². The SMILES string of the molecule is CC(C)n1ccnn1.CC(C)n1cncn1.CC(C)n1cnnn1.CC(C)n1nccn1.CC(C)n1ncnn1.Cc1cnn(C(C)C)c1.Cc1cnn(C(C)C)n1.Cc1cnnn1C(C)C.Cc1nnn(C(C)C)n1.Cc1nnn(C(C)C)n1.Cc1nnnn1C(C)C. The molecule has 37 heteroatoms.